The number of hydrogen-bond donors (Lipinski definition) is 0. The standard InChI is InChI=1S/C22H25N3O3S/c1-24(15-17-9-4-3-5-10-17)20(26)16-29-22-23-19-12-7-6-11-18(19)21(27)25(22)13-8-14-28-2/h3-7,9-12H,8,13-16H2,1-2H3. The van der Waals surface area contributed by atoms with E-state index in [2.05, 4.69) is 4.98 Å². The number of para-hydroxylation sites is 1. The summed E-state index contributed by atoms with van der Waals surface area (Å²) in [4.78, 5) is 31.9. The zero-order valence-corrected chi connectivity index (χ0v) is 17.5. The summed E-state index contributed by atoms with van der Waals surface area (Å²) >= 11 is 1.30. The summed E-state index contributed by atoms with van der Waals surface area (Å²) < 4.78 is 6.76. The Labute approximate surface area is 174 Å². The van der Waals surface area contributed by atoms with Crippen LogP contribution in [0.25, 0.3) is 10.9 Å². The monoisotopic (exact) mass is 411 g/mol. The fourth-order valence-electron chi connectivity index (χ4n) is 3.00. The molecule has 0 unspecified atom stereocenters. The smallest absolute Gasteiger partial charge is 0.262 e. The third-order valence-electron chi connectivity index (χ3n) is 4.57. The second kappa shape index (κ2) is 10.2. The van der Waals surface area contributed by atoms with Gasteiger partial charge in [-0.15, -0.1) is 0 Å². The molecular weight excluding hydrogens is 386 g/mol. The molecule has 0 spiro atoms. The molecule has 3 rings (SSSR count). The van der Waals surface area contributed by atoms with Crippen molar-refractivity contribution in [1.29, 1.82) is 0 Å². The van der Waals surface area contributed by atoms with Crippen molar-refractivity contribution in [1.82, 2.24) is 14.5 Å². The van der Waals surface area contributed by atoms with E-state index in [9.17, 15) is 9.59 Å². The van der Waals surface area contributed by atoms with E-state index in [0.717, 1.165) is 5.56 Å². The van der Waals surface area contributed by atoms with Gasteiger partial charge in [-0.25, -0.2) is 4.98 Å². The third kappa shape index (κ3) is 5.46. The van der Waals surface area contributed by atoms with Crippen LogP contribution in [0, 0.1) is 0 Å². The molecular formula is C22H25N3O3S. The number of carbonyl (C=O) groups excluding carboxylic acids is 1. The molecule has 0 bridgehead atoms. The average Bonchev–Trinajstić information content (AvgIpc) is 2.74. The molecule has 0 aliphatic rings. The highest BCUT2D eigenvalue weighted by Crippen LogP contribution is 2.19. The van der Waals surface area contributed by atoms with Crippen molar-refractivity contribution in [2.75, 3.05) is 26.5 Å². The summed E-state index contributed by atoms with van der Waals surface area (Å²) in [6.45, 7) is 1.61. The number of benzene rings is 2. The molecule has 7 heteroatoms. The highest BCUT2D eigenvalue weighted by atomic mass is 32.2. The van der Waals surface area contributed by atoms with Crippen LogP contribution in [0.4, 0.5) is 0 Å². The first kappa shape index (κ1) is 21.1. The number of hydrogen-bond acceptors (Lipinski definition) is 5. The van der Waals surface area contributed by atoms with Crippen molar-refractivity contribution >= 4 is 28.6 Å². The van der Waals surface area contributed by atoms with Gasteiger partial charge in [0.15, 0.2) is 5.16 Å². The van der Waals surface area contributed by atoms with E-state index in [4.69, 9.17) is 4.74 Å². The molecule has 2 aromatic carbocycles. The number of methoxy groups -OCH3 is 1. The average molecular weight is 412 g/mol. The van der Waals surface area contributed by atoms with Gasteiger partial charge >= 0.3 is 0 Å². The highest BCUT2D eigenvalue weighted by molar-refractivity contribution is 7.99. The largest absolute Gasteiger partial charge is 0.385 e. The second-order valence-electron chi connectivity index (χ2n) is 6.74. The molecule has 0 aliphatic carbocycles. The number of ether oxygens (including phenoxy) is 1. The molecule has 0 aliphatic heterocycles. The minimum absolute atomic E-state index is 0.00954. The number of aromatic nitrogens is 2. The summed E-state index contributed by atoms with van der Waals surface area (Å²) in [5, 5.41) is 1.15. The maximum absolute atomic E-state index is 12.9. The Bertz CT molecular complexity index is 1020. The molecule has 0 radical (unpaired) electrons. The van der Waals surface area contributed by atoms with Crippen LogP contribution in [0.5, 0.6) is 0 Å². The molecule has 1 aromatic heterocycles. The van der Waals surface area contributed by atoms with Crippen LogP contribution in [0.1, 0.15) is 12.0 Å². The molecule has 1 heterocycles. The number of carbonyl (C=O) groups is 1. The molecule has 0 N–H and O–H groups in total. The maximum Gasteiger partial charge on any atom is 0.262 e. The van der Waals surface area contributed by atoms with Gasteiger partial charge in [0, 0.05) is 33.9 Å². The summed E-state index contributed by atoms with van der Waals surface area (Å²) in [5.41, 5.74) is 1.64. The van der Waals surface area contributed by atoms with E-state index < -0.39 is 0 Å². The number of fused-ring (bicyclic) bond motifs is 1. The van der Waals surface area contributed by atoms with E-state index in [-0.39, 0.29) is 17.2 Å². The first-order valence-electron chi connectivity index (χ1n) is 9.49. The van der Waals surface area contributed by atoms with Crippen LogP contribution >= 0.6 is 11.8 Å². The lowest BCUT2D eigenvalue weighted by Crippen LogP contribution is -2.29. The molecule has 0 saturated carbocycles. The number of thioether (sulfide) groups is 1. The van der Waals surface area contributed by atoms with Crippen molar-refractivity contribution in [2.24, 2.45) is 0 Å². The van der Waals surface area contributed by atoms with E-state index >= 15 is 0 Å². The minimum Gasteiger partial charge on any atom is -0.385 e. The van der Waals surface area contributed by atoms with E-state index in [1.54, 1.807) is 29.7 Å². The molecule has 29 heavy (non-hydrogen) atoms. The van der Waals surface area contributed by atoms with Crippen LogP contribution in [0.3, 0.4) is 0 Å². The third-order valence-corrected chi connectivity index (χ3v) is 5.53. The minimum atomic E-state index is -0.0840. The van der Waals surface area contributed by atoms with E-state index in [1.165, 1.54) is 11.8 Å². The van der Waals surface area contributed by atoms with Crippen LogP contribution < -0.4 is 5.56 Å². The van der Waals surface area contributed by atoms with Gasteiger partial charge in [0.25, 0.3) is 5.56 Å². The summed E-state index contributed by atoms with van der Waals surface area (Å²) in [6, 6.07) is 17.2. The van der Waals surface area contributed by atoms with Crippen molar-refractivity contribution in [2.45, 2.75) is 24.7 Å². The Hall–Kier alpha value is -2.64. The van der Waals surface area contributed by atoms with Crippen molar-refractivity contribution in [3.05, 3.63) is 70.5 Å². The van der Waals surface area contributed by atoms with Crippen LogP contribution in [0.15, 0.2) is 64.5 Å². The number of rotatable bonds is 9. The summed E-state index contributed by atoms with van der Waals surface area (Å²) in [6.07, 6.45) is 0.700. The maximum atomic E-state index is 12.9. The lowest BCUT2D eigenvalue weighted by Gasteiger charge is -2.18. The van der Waals surface area contributed by atoms with Crippen LogP contribution in [-0.2, 0) is 22.6 Å². The Morgan fingerprint density at radius 3 is 2.62 bits per heavy atom. The Balaban J connectivity index is 1.76. The lowest BCUT2D eigenvalue weighted by atomic mass is 10.2. The van der Waals surface area contributed by atoms with E-state index in [0.29, 0.717) is 42.2 Å². The molecule has 0 saturated heterocycles. The predicted octanol–water partition coefficient (Wildman–Crippen LogP) is 3.18. The quantitative estimate of drug-likeness (QED) is 0.307. The second-order valence-corrected chi connectivity index (χ2v) is 7.68. The number of nitrogens with zero attached hydrogens (tertiary/aromatic N) is 3. The van der Waals surface area contributed by atoms with Gasteiger partial charge in [-0.1, -0.05) is 54.2 Å². The molecule has 0 fully saturated rings. The van der Waals surface area contributed by atoms with Crippen molar-refractivity contribution in [3.63, 3.8) is 0 Å². The number of amides is 1. The van der Waals surface area contributed by atoms with Crippen molar-refractivity contribution in [3.8, 4) is 0 Å². The highest BCUT2D eigenvalue weighted by Gasteiger charge is 2.15. The Kier molecular flexibility index (Phi) is 7.43. The van der Waals surface area contributed by atoms with E-state index in [1.807, 2.05) is 48.5 Å². The molecule has 6 nitrogen and oxygen atoms in total. The Morgan fingerprint density at radius 2 is 1.86 bits per heavy atom. The van der Waals surface area contributed by atoms with Gasteiger partial charge in [0.2, 0.25) is 5.91 Å². The van der Waals surface area contributed by atoms with Gasteiger partial charge in [-0.2, -0.15) is 0 Å². The molecule has 0 atom stereocenters. The summed E-state index contributed by atoms with van der Waals surface area (Å²) in [5.74, 6) is 0.211. The van der Waals surface area contributed by atoms with Gasteiger partial charge in [0.05, 0.1) is 16.7 Å². The van der Waals surface area contributed by atoms with Gasteiger partial charge < -0.3 is 9.64 Å². The zero-order chi connectivity index (χ0) is 20.6. The molecule has 3 aromatic rings. The predicted molar refractivity (Wildman–Crippen MR) is 116 cm³/mol. The van der Waals surface area contributed by atoms with Gasteiger partial charge in [-0.05, 0) is 24.1 Å². The SMILES string of the molecule is COCCCn1c(SCC(=O)N(C)Cc2ccccc2)nc2ccccc2c1=O. The van der Waals surface area contributed by atoms with Crippen molar-refractivity contribution < 1.29 is 9.53 Å². The molecule has 152 valence electrons. The van der Waals surface area contributed by atoms with Crippen LogP contribution in [-0.4, -0.2) is 46.9 Å². The first-order valence-corrected chi connectivity index (χ1v) is 10.5. The summed E-state index contributed by atoms with van der Waals surface area (Å²) in [7, 11) is 3.42. The Morgan fingerprint density at radius 1 is 1.14 bits per heavy atom. The fourth-order valence-corrected chi connectivity index (χ4v) is 3.97. The van der Waals surface area contributed by atoms with Crippen LogP contribution in [0.2, 0.25) is 0 Å². The topological polar surface area (TPSA) is 64.4 Å². The first-order chi connectivity index (χ1) is 14.1. The van der Waals surface area contributed by atoms with Gasteiger partial charge in [0.1, 0.15) is 0 Å². The normalized spacial score (nSPS) is 11.0. The lowest BCUT2D eigenvalue weighted by molar-refractivity contribution is -0.127. The fraction of sp³-hybridized carbons (Fsp3) is 0.318. The molecule has 1 amide bonds. The zero-order valence-electron chi connectivity index (χ0n) is 16.7. The van der Waals surface area contributed by atoms with Gasteiger partial charge in [-0.3, -0.25) is 14.2 Å².